The van der Waals surface area contributed by atoms with Crippen molar-refractivity contribution >= 4 is 19.8 Å². The normalized spacial score (nSPS) is 13.9. The van der Waals surface area contributed by atoms with Crippen molar-refractivity contribution in [3.8, 4) is 0 Å². The second-order valence-corrected chi connectivity index (χ2v) is 25.2. The van der Waals surface area contributed by atoms with Gasteiger partial charge in [0.25, 0.3) is 7.82 Å². The van der Waals surface area contributed by atoms with Crippen LogP contribution in [-0.2, 0) is 32.7 Å². The SMILES string of the molecule is CC/C=C\C/C=C\C/C=C\C/C=C\C/C=C\C/C=C\C/C=C\CCCCCCCCCCCCCC(=O)OC(COC(=O)CCCCCCCCCCCCCC/C=C\C/C=C\C/C=C\CCCCCCC)COP(=O)([O-])OCC[N+](C)(C)C. The van der Waals surface area contributed by atoms with Crippen molar-refractivity contribution in [2.75, 3.05) is 47.5 Å². The lowest BCUT2D eigenvalue weighted by atomic mass is 10.0. The molecule has 2 unspecified atom stereocenters. The molecule has 0 radical (unpaired) electrons. The fourth-order valence-corrected chi connectivity index (χ4v) is 9.96. The molecule has 0 aliphatic rings. The summed E-state index contributed by atoms with van der Waals surface area (Å²) in [6, 6.07) is 0. The molecule has 10 heteroatoms. The van der Waals surface area contributed by atoms with E-state index < -0.39 is 26.5 Å². The lowest BCUT2D eigenvalue weighted by Gasteiger charge is -2.28. The lowest BCUT2D eigenvalue weighted by Crippen LogP contribution is -2.37. The van der Waals surface area contributed by atoms with E-state index in [1.807, 2.05) is 21.1 Å². The molecule has 0 aromatic carbocycles. The second-order valence-electron chi connectivity index (χ2n) is 23.8. The number of phosphoric ester groups is 1. The summed E-state index contributed by atoms with van der Waals surface area (Å²) in [7, 11) is 1.16. The molecule has 482 valence electrons. The third-order valence-corrected chi connectivity index (χ3v) is 15.4. The first-order valence-corrected chi connectivity index (χ1v) is 35.7. The summed E-state index contributed by atoms with van der Waals surface area (Å²) < 4.78 is 34.3. The van der Waals surface area contributed by atoms with Crippen LogP contribution in [0, 0.1) is 0 Å². The van der Waals surface area contributed by atoms with E-state index in [-0.39, 0.29) is 32.0 Å². The fourth-order valence-electron chi connectivity index (χ4n) is 9.23. The van der Waals surface area contributed by atoms with Crippen LogP contribution in [0.1, 0.15) is 284 Å². The Labute approximate surface area is 518 Å². The van der Waals surface area contributed by atoms with Crippen molar-refractivity contribution in [3.05, 3.63) is 122 Å². The van der Waals surface area contributed by atoms with Crippen molar-refractivity contribution in [2.45, 2.75) is 290 Å². The number of hydrogen-bond acceptors (Lipinski definition) is 8. The van der Waals surface area contributed by atoms with Crippen LogP contribution in [0.5, 0.6) is 0 Å². The maximum Gasteiger partial charge on any atom is 0.306 e. The Balaban J connectivity index is 4.11. The van der Waals surface area contributed by atoms with E-state index in [4.69, 9.17) is 18.5 Å². The summed E-state index contributed by atoms with van der Waals surface area (Å²) in [6.07, 6.45) is 91.2. The van der Waals surface area contributed by atoms with Gasteiger partial charge >= 0.3 is 11.9 Å². The highest BCUT2D eigenvalue weighted by atomic mass is 31.2. The van der Waals surface area contributed by atoms with E-state index in [0.29, 0.717) is 17.4 Å². The van der Waals surface area contributed by atoms with Crippen LogP contribution >= 0.6 is 7.82 Å². The fraction of sp³-hybridized carbons (Fsp3) is 0.703. The Hall–Kier alpha value is -3.59. The first kappa shape index (κ1) is 80.4. The number of quaternary nitrogens is 1. The summed E-state index contributed by atoms with van der Waals surface area (Å²) in [5.41, 5.74) is 0. The van der Waals surface area contributed by atoms with Gasteiger partial charge in [0.1, 0.15) is 19.8 Å². The van der Waals surface area contributed by atoms with Gasteiger partial charge in [0, 0.05) is 12.8 Å². The van der Waals surface area contributed by atoms with E-state index >= 15 is 0 Å². The van der Waals surface area contributed by atoms with Crippen LogP contribution in [-0.4, -0.2) is 70.0 Å². The van der Waals surface area contributed by atoms with Gasteiger partial charge in [0.2, 0.25) is 0 Å². The number of carbonyl (C=O) groups is 2. The van der Waals surface area contributed by atoms with E-state index in [2.05, 4.69) is 135 Å². The standard InChI is InChI=1S/C74H128NO8P/c1-6-8-10-12-14-16-18-20-22-24-26-28-30-32-34-35-36-37-38-39-41-43-45-47-49-51-53-55-57-59-61-63-65-67-74(77)83-72(71-82-84(78,79)81-69-68-75(3,4)5)70-80-73(76)66-64-62-60-58-56-54-52-50-48-46-44-42-40-33-31-29-27-25-23-21-19-17-15-13-11-9-7-2/h8,10,14,16,19-22,25-28,31-34,36-37,39,41,72H,6-7,9,11-13,15,17-18,23-24,29-30,35,38,40,42-71H2,1-5H3/b10-8-,16-14-,21-19-,22-20-,27-25-,28-26-,33-31-,34-32-,37-36-,41-39-. The monoisotopic (exact) mass is 1190 g/mol. The van der Waals surface area contributed by atoms with Crippen LogP contribution in [0.4, 0.5) is 0 Å². The molecule has 9 nitrogen and oxygen atoms in total. The molecule has 0 saturated heterocycles. The average molecular weight is 1190 g/mol. The average Bonchev–Trinajstić information content (AvgIpc) is 3.61. The van der Waals surface area contributed by atoms with E-state index in [9.17, 15) is 19.0 Å². The summed E-state index contributed by atoms with van der Waals surface area (Å²) in [4.78, 5) is 38.1. The Kier molecular flexibility index (Phi) is 61.2. The molecule has 0 bridgehead atoms. The topological polar surface area (TPSA) is 111 Å². The number of nitrogens with zero attached hydrogens (tertiary/aromatic N) is 1. The number of rotatable bonds is 62. The third-order valence-electron chi connectivity index (χ3n) is 14.5. The van der Waals surface area contributed by atoms with Crippen molar-refractivity contribution in [1.29, 1.82) is 0 Å². The van der Waals surface area contributed by atoms with Gasteiger partial charge in [-0.05, 0) is 109 Å². The number of ether oxygens (including phenoxy) is 2. The number of hydrogen-bond donors (Lipinski definition) is 0. The molecular formula is C74H128NO8P. The Morgan fingerprint density at radius 2 is 0.679 bits per heavy atom. The molecule has 0 aliphatic heterocycles. The summed E-state index contributed by atoms with van der Waals surface area (Å²) >= 11 is 0. The predicted octanol–water partition coefficient (Wildman–Crippen LogP) is 21.6. The highest BCUT2D eigenvalue weighted by Gasteiger charge is 2.22. The summed E-state index contributed by atoms with van der Waals surface area (Å²) in [6.45, 7) is 4.12. The first-order chi connectivity index (χ1) is 41.0. The molecule has 0 aromatic heterocycles. The van der Waals surface area contributed by atoms with Gasteiger partial charge in [-0.15, -0.1) is 0 Å². The van der Waals surface area contributed by atoms with Crippen LogP contribution in [0.25, 0.3) is 0 Å². The number of phosphoric acid groups is 1. The quantitative estimate of drug-likeness (QED) is 0.0195. The van der Waals surface area contributed by atoms with Gasteiger partial charge in [-0.2, -0.15) is 0 Å². The van der Waals surface area contributed by atoms with Crippen molar-refractivity contribution < 1.29 is 42.1 Å². The van der Waals surface area contributed by atoms with E-state index in [0.717, 1.165) is 103 Å². The highest BCUT2D eigenvalue weighted by molar-refractivity contribution is 7.45. The molecule has 2 atom stereocenters. The third kappa shape index (κ3) is 67.5. The second kappa shape index (κ2) is 63.9. The van der Waals surface area contributed by atoms with Gasteiger partial charge in [0.05, 0.1) is 27.7 Å². The lowest BCUT2D eigenvalue weighted by molar-refractivity contribution is -0.870. The zero-order chi connectivity index (χ0) is 61.2. The molecule has 0 N–H and O–H groups in total. The largest absolute Gasteiger partial charge is 0.756 e. The maximum atomic E-state index is 12.9. The molecule has 0 fully saturated rings. The van der Waals surface area contributed by atoms with Gasteiger partial charge in [-0.1, -0.05) is 283 Å². The number of carbonyl (C=O) groups excluding carboxylic acids is 2. The zero-order valence-electron chi connectivity index (χ0n) is 54.8. The summed E-state index contributed by atoms with van der Waals surface area (Å²) in [5.74, 6) is -0.839. The molecule has 0 heterocycles. The number of allylic oxidation sites excluding steroid dienone is 20. The van der Waals surface area contributed by atoms with E-state index in [1.54, 1.807) is 0 Å². The minimum Gasteiger partial charge on any atom is -0.756 e. The molecule has 0 aromatic rings. The van der Waals surface area contributed by atoms with Gasteiger partial charge < -0.3 is 27.9 Å². The Bertz CT molecular complexity index is 1830. The van der Waals surface area contributed by atoms with E-state index in [1.165, 1.54) is 148 Å². The van der Waals surface area contributed by atoms with Gasteiger partial charge in [0.15, 0.2) is 6.10 Å². The molecular weight excluding hydrogens is 1060 g/mol. The van der Waals surface area contributed by atoms with Crippen molar-refractivity contribution in [2.24, 2.45) is 0 Å². The minimum absolute atomic E-state index is 0.0367. The molecule has 84 heavy (non-hydrogen) atoms. The summed E-state index contributed by atoms with van der Waals surface area (Å²) in [5, 5.41) is 0. The number of esters is 2. The molecule has 0 saturated carbocycles. The van der Waals surface area contributed by atoms with Gasteiger partial charge in [-0.3, -0.25) is 14.2 Å². The van der Waals surface area contributed by atoms with Crippen LogP contribution in [0.15, 0.2) is 122 Å². The minimum atomic E-state index is -4.65. The molecule has 0 aliphatic carbocycles. The number of likely N-dealkylation sites (N-methyl/N-ethyl adjacent to an activating group) is 1. The first-order valence-electron chi connectivity index (χ1n) is 34.2. The zero-order valence-corrected chi connectivity index (χ0v) is 55.7. The molecule has 0 spiro atoms. The van der Waals surface area contributed by atoms with Crippen molar-refractivity contribution in [3.63, 3.8) is 0 Å². The van der Waals surface area contributed by atoms with Gasteiger partial charge in [-0.25, -0.2) is 0 Å². The van der Waals surface area contributed by atoms with Crippen molar-refractivity contribution in [1.82, 2.24) is 0 Å². The molecule has 0 amide bonds. The van der Waals surface area contributed by atoms with Crippen LogP contribution in [0.3, 0.4) is 0 Å². The number of unbranched alkanes of at least 4 members (excludes halogenated alkanes) is 28. The Morgan fingerprint density at radius 1 is 0.381 bits per heavy atom. The van der Waals surface area contributed by atoms with Crippen LogP contribution in [0.2, 0.25) is 0 Å². The molecule has 0 rings (SSSR count). The maximum absolute atomic E-state index is 12.9. The van der Waals surface area contributed by atoms with Crippen LogP contribution < -0.4 is 4.89 Å². The predicted molar refractivity (Wildman–Crippen MR) is 360 cm³/mol. The Morgan fingerprint density at radius 3 is 1.01 bits per heavy atom. The highest BCUT2D eigenvalue weighted by Crippen LogP contribution is 2.38. The smallest absolute Gasteiger partial charge is 0.306 e.